The largest absolute Gasteiger partial charge is 0.465 e. The van der Waals surface area contributed by atoms with Crippen LogP contribution in [-0.2, 0) is 9.53 Å². The summed E-state index contributed by atoms with van der Waals surface area (Å²) >= 11 is 0. The third-order valence-corrected chi connectivity index (χ3v) is 7.65. The molecule has 1 atom stereocenters. The molecule has 3 heterocycles. The number of halogens is 1. The number of carbonyl (C=O) groups excluding carboxylic acids is 2. The first-order chi connectivity index (χ1) is 18.3. The Labute approximate surface area is 218 Å². The van der Waals surface area contributed by atoms with E-state index >= 15 is 0 Å². The third-order valence-electron chi connectivity index (χ3n) is 7.65. The van der Waals surface area contributed by atoms with Gasteiger partial charge in [0.2, 0.25) is 5.91 Å². The molecule has 0 spiro atoms. The Morgan fingerprint density at radius 2 is 1.87 bits per heavy atom. The molecule has 11 heteroatoms. The summed E-state index contributed by atoms with van der Waals surface area (Å²) in [7, 11) is 3.20. The lowest BCUT2D eigenvalue weighted by Crippen LogP contribution is -2.48. The molecule has 0 bridgehead atoms. The summed E-state index contributed by atoms with van der Waals surface area (Å²) in [5.74, 6) is -1.26. The number of benzene rings is 1. The van der Waals surface area contributed by atoms with Crippen molar-refractivity contribution in [3.63, 3.8) is 0 Å². The van der Waals surface area contributed by atoms with Gasteiger partial charge < -0.3 is 10.1 Å². The van der Waals surface area contributed by atoms with E-state index in [1.54, 1.807) is 18.2 Å². The lowest BCUT2D eigenvalue weighted by molar-refractivity contribution is -0.126. The number of fused-ring (bicyclic) bond motifs is 1. The van der Waals surface area contributed by atoms with Crippen LogP contribution in [0.4, 0.5) is 4.39 Å². The van der Waals surface area contributed by atoms with Crippen LogP contribution in [0.25, 0.3) is 16.7 Å². The van der Waals surface area contributed by atoms with Crippen LogP contribution in [0.2, 0.25) is 0 Å². The molecule has 2 aromatic heterocycles. The highest BCUT2D eigenvalue weighted by Gasteiger charge is 2.32. The van der Waals surface area contributed by atoms with Crippen molar-refractivity contribution in [1.29, 1.82) is 0 Å². The van der Waals surface area contributed by atoms with Crippen LogP contribution in [0.3, 0.4) is 0 Å². The molecule has 200 valence electrons. The molecule has 1 aliphatic heterocycles. The van der Waals surface area contributed by atoms with Crippen LogP contribution in [0, 0.1) is 5.82 Å². The van der Waals surface area contributed by atoms with Crippen molar-refractivity contribution in [2.75, 3.05) is 20.7 Å². The highest BCUT2D eigenvalue weighted by atomic mass is 19.1. The minimum atomic E-state index is -0.696. The average molecular weight is 524 g/mol. The second-order valence-electron chi connectivity index (χ2n) is 10.0. The number of carbonyl (C=O) groups is 2. The van der Waals surface area contributed by atoms with E-state index in [9.17, 15) is 23.6 Å². The third kappa shape index (κ3) is 4.73. The highest BCUT2D eigenvalue weighted by molar-refractivity contribution is 5.90. The zero-order valence-corrected chi connectivity index (χ0v) is 21.4. The molecule has 0 radical (unpaired) electrons. The lowest BCUT2D eigenvalue weighted by Gasteiger charge is -2.31. The number of likely N-dealkylation sites (tertiary alicyclic amines) is 1. The summed E-state index contributed by atoms with van der Waals surface area (Å²) in [5.41, 5.74) is -0.714. The van der Waals surface area contributed by atoms with Gasteiger partial charge in [-0.3, -0.25) is 19.1 Å². The first-order valence-corrected chi connectivity index (χ1v) is 12.8. The second kappa shape index (κ2) is 10.5. The Balaban J connectivity index is 1.49. The molecule has 10 nitrogen and oxygen atoms in total. The van der Waals surface area contributed by atoms with Crippen LogP contribution in [0.15, 0.2) is 46.1 Å². The van der Waals surface area contributed by atoms with E-state index in [-0.39, 0.29) is 34.6 Å². The maximum Gasteiger partial charge on any atom is 0.337 e. The van der Waals surface area contributed by atoms with Gasteiger partial charge in [-0.15, -0.1) is 0 Å². The Morgan fingerprint density at radius 1 is 1.11 bits per heavy atom. The number of ether oxygens (including phenoxy) is 1. The molecule has 1 aliphatic carbocycles. The number of hydrogen-bond acceptors (Lipinski definition) is 7. The molecule has 1 saturated carbocycles. The monoisotopic (exact) mass is 523 g/mol. The van der Waals surface area contributed by atoms with Gasteiger partial charge in [0.05, 0.1) is 36.0 Å². The minimum absolute atomic E-state index is 0.00120. The summed E-state index contributed by atoms with van der Waals surface area (Å²) in [4.78, 5) is 58.2. The molecule has 38 heavy (non-hydrogen) atoms. The van der Waals surface area contributed by atoms with Gasteiger partial charge in [-0.25, -0.2) is 23.5 Å². The van der Waals surface area contributed by atoms with Gasteiger partial charge in [0.15, 0.2) is 5.65 Å². The molecule has 2 aliphatic rings. The van der Waals surface area contributed by atoms with Crippen molar-refractivity contribution in [3.8, 4) is 5.69 Å². The van der Waals surface area contributed by atoms with E-state index in [1.807, 2.05) is 7.05 Å². The number of rotatable bonds is 5. The Hall–Kier alpha value is -3.86. The topological polar surface area (TPSA) is 116 Å². The molecular formula is C27H30FN5O5. The minimum Gasteiger partial charge on any atom is -0.465 e. The zero-order valence-electron chi connectivity index (χ0n) is 21.4. The summed E-state index contributed by atoms with van der Waals surface area (Å²) in [5, 5.41) is 3.10. The van der Waals surface area contributed by atoms with E-state index in [0.717, 1.165) is 36.2 Å². The maximum absolute atomic E-state index is 14.2. The quantitative estimate of drug-likeness (QED) is 0.510. The van der Waals surface area contributed by atoms with Crippen LogP contribution >= 0.6 is 0 Å². The molecule has 1 aromatic carbocycles. The van der Waals surface area contributed by atoms with Gasteiger partial charge >= 0.3 is 11.7 Å². The van der Waals surface area contributed by atoms with Crippen LogP contribution in [0.5, 0.6) is 0 Å². The first-order valence-electron chi connectivity index (χ1n) is 12.8. The van der Waals surface area contributed by atoms with Crippen molar-refractivity contribution in [1.82, 2.24) is 24.3 Å². The van der Waals surface area contributed by atoms with Crippen LogP contribution < -0.4 is 16.6 Å². The number of aromatic nitrogens is 3. The van der Waals surface area contributed by atoms with Crippen LogP contribution in [-0.4, -0.2) is 63.7 Å². The molecule has 2 fully saturated rings. The predicted molar refractivity (Wildman–Crippen MR) is 138 cm³/mol. The fourth-order valence-corrected chi connectivity index (χ4v) is 5.64. The van der Waals surface area contributed by atoms with Crippen molar-refractivity contribution in [2.24, 2.45) is 0 Å². The number of amides is 1. The summed E-state index contributed by atoms with van der Waals surface area (Å²) < 4.78 is 21.4. The number of nitrogens with one attached hydrogen (secondary N) is 1. The maximum atomic E-state index is 14.2. The van der Waals surface area contributed by atoms with E-state index in [2.05, 4.69) is 15.2 Å². The van der Waals surface area contributed by atoms with Gasteiger partial charge in [0, 0.05) is 12.1 Å². The Morgan fingerprint density at radius 3 is 2.55 bits per heavy atom. The molecule has 0 unspecified atom stereocenters. The molecule has 1 N–H and O–H groups in total. The number of pyridine rings is 1. The van der Waals surface area contributed by atoms with Gasteiger partial charge in [0.25, 0.3) is 5.56 Å². The number of likely N-dealkylation sites (N-methyl/N-ethyl adjacent to an activating group) is 1. The van der Waals surface area contributed by atoms with Crippen molar-refractivity contribution in [2.45, 2.75) is 56.7 Å². The number of nitrogens with zero attached hydrogens (tertiary/aromatic N) is 4. The fourth-order valence-electron chi connectivity index (χ4n) is 5.64. The van der Waals surface area contributed by atoms with Gasteiger partial charge in [-0.1, -0.05) is 6.07 Å². The number of esters is 1. The molecule has 1 amide bonds. The average Bonchev–Trinajstić information content (AvgIpc) is 3.36. The van der Waals surface area contributed by atoms with Gasteiger partial charge in [-0.05, 0) is 76.4 Å². The highest BCUT2D eigenvalue weighted by Crippen LogP contribution is 2.28. The van der Waals surface area contributed by atoms with E-state index < -0.39 is 29.1 Å². The number of methoxy groups -OCH3 is 1. The van der Waals surface area contributed by atoms with Crippen molar-refractivity contribution in [3.05, 3.63) is 68.7 Å². The van der Waals surface area contributed by atoms with Crippen molar-refractivity contribution < 1.29 is 18.7 Å². The first kappa shape index (κ1) is 25.8. The normalized spacial score (nSPS) is 21.9. The summed E-state index contributed by atoms with van der Waals surface area (Å²) in [6, 6.07) is 6.70. The predicted octanol–water partition coefficient (Wildman–Crippen LogP) is 2.17. The molecular weight excluding hydrogens is 493 g/mol. The van der Waals surface area contributed by atoms with Crippen molar-refractivity contribution >= 4 is 22.9 Å². The SMILES string of the molecule is COC(=O)c1cccc(-n2c(=O)n([C@H]3CC[C@@H](NC(=O)[C@@H]4CCCN4C)CC3)c(=O)c3cc(F)cnc32)c1. The fraction of sp³-hybridized carbons (Fsp3) is 0.444. The Bertz CT molecular complexity index is 1510. The molecule has 3 aromatic rings. The van der Waals surface area contributed by atoms with Gasteiger partial charge in [-0.2, -0.15) is 0 Å². The van der Waals surface area contributed by atoms with E-state index in [1.165, 1.54) is 17.7 Å². The number of hydrogen-bond donors (Lipinski definition) is 1. The standard InChI is InChI=1S/C27H30FN5O5/c1-31-12-4-7-22(31)24(34)30-18-8-10-19(11-9-18)33-25(35)21-14-17(28)15-29-23(21)32(27(33)37)20-6-3-5-16(13-20)26(36)38-2/h3,5-6,13-15,18-19,22H,4,7-12H2,1-2H3,(H,30,34)/t18-,19+,22-/m0/s1. The van der Waals surface area contributed by atoms with E-state index in [0.29, 0.717) is 31.4 Å². The van der Waals surface area contributed by atoms with Crippen LogP contribution in [0.1, 0.15) is 54.9 Å². The zero-order chi connectivity index (χ0) is 27.0. The Kier molecular flexibility index (Phi) is 7.11. The molecule has 5 rings (SSSR count). The smallest absolute Gasteiger partial charge is 0.337 e. The van der Waals surface area contributed by atoms with Gasteiger partial charge in [0.1, 0.15) is 5.82 Å². The second-order valence-corrected chi connectivity index (χ2v) is 10.0. The summed E-state index contributed by atoms with van der Waals surface area (Å²) in [6.45, 7) is 0.903. The lowest BCUT2D eigenvalue weighted by atomic mass is 9.90. The summed E-state index contributed by atoms with van der Waals surface area (Å²) in [6.07, 6.45) is 4.99. The van der Waals surface area contributed by atoms with E-state index in [4.69, 9.17) is 4.74 Å². The molecule has 1 saturated heterocycles.